The van der Waals surface area contributed by atoms with Crippen LogP contribution in [0.25, 0.3) is 0 Å². The van der Waals surface area contributed by atoms with E-state index in [2.05, 4.69) is 20.0 Å². The first-order chi connectivity index (χ1) is 8.77. The summed E-state index contributed by atoms with van der Waals surface area (Å²) >= 11 is 0. The fourth-order valence-electron chi connectivity index (χ4n) is 1.12. The number of methoxy groups -OCH3 is 2. The SMILES string of the molecule is COCCOCCNc1cnc(C(=O)OC)cn1. The minimum atomic E-state index is -0.503. The van der Waals surface area contributed by atoms with E-state index in [0.717, 1.165) is 0 Å². The lowest BCUT2D eigenvalue weighted by molar-refractivity contribution is 0.0593. The molecule has 0 atom stereocenters. The van der Waals surface area contributed by atoms with Gasteiger partial charge in [0, 0.05) is 13.7 Å². The highest BCUT2D eigenvalue weighted by Crippen LogP contribution is 2.01. The number of rotatable bonds is 8. The number of esters is 1. The molecule has 0 radical (unpaired) electrons. The van der Waals surface area contributed by atoms with E-state index in [1.54, 1.807) is 7.11 Å². The predicted octanol–water partition coefficient (Wildman–Crippen LogP) is 0.338. The predicted molar refractivity (Wildman–Crippen MR) is 64.6 cm³/mol. The fraction of sp³-hybridized carbons (Fsp3) is 0.545. The van der Waals surface area contributed by atoms with E-state index in [4.69, 9.17) is 9.47 Å². The number of nitrogens with zero attached hydrogens (tertiary/aromatic N) is 2. The first kappa shape index (κ1) is 14.3. The van der Waals surface area contributed by atoms with Crippen LogP contribution in [0.4, 0.5) is 5.82 Å². The molecule has 1 N–H and O–H groups in total. The van der Waals surface area contributed by atoms with Crippen molar-refractivity contribution in [3.63, 3.8) is 0 Å². The number of ether oxygens (including phenoxy) is 3. The average Bonchev–Trinajstić information content (AvgIpc) is 2.42. The third-order valence-corrected chi connectivity index (χ3v) is 2.03. The summed E-state index contributed by atoms with van der Waals surface area (Å²) < 4.78 is 14.6. The van der Waals surface area contributed by atoms with Crippen molar-refractivity contribution < 1.29 is 19.0 Å². The van der Waals surface area contributed by atoms with Crippen molar-refractivity contribution in [1.82, 2.24) is 9.97 Å². The van der Waals surface area contributed by atoms with Crippen LogP contribution < -0.4 is 5.32 Å². The van der Waals surface area contributed by atoms with E-state index in [-0.39, 0.29) is 5.69 Å². The van der Waals surface area contributed by atoms with Crippen LogP contribution >= 0.6 is 0 Å². The Balaban J connectivity index is 2.25. The smallest absolute Gasteiger partial charge is 0.358 e. The molecule has 0 unspecified atom stereocenters. The molecule has 0 aliphatic heterocycles. The number of anilines is 1. The molecule has 0 aliphatic rings. The summed E-state index contributed by atoms with van der Waals surface area (Å²) in [5.74, 6) is 0.0787. The van der Waals surface area contributed by atoms with E-state index < -0.39 is 5.97 Å². The molecule has 0 saturated heterocycles. The highest BCUT2D eigenvalue weighted by molar-refractivity contribution is 5.86. The Morgan fingerprint density at radius 1 is 1.22 bits per heavy atom. The topological polar surface area (TPSA) is 82.6 Å². The van der Waals surface area contributed by atoms with Gasteiger partial charge in [0.2, 0.25) is 0 Å². The third kappa shape index (κ3) is 5.07. The third-order valence-electron chi connectivity index (χ3n) is 2.03. The monoisotopic (exact) mass is 255 g/mol. The van der Waals surface area contributed by atoms with Gasteiger partial charge in [-0.15, -0.1) is 0 Å². The van der Waals surface area contributed by atoms with Gasteiger partial charge in [0.15, 0.2) is 5.69 Å². The van der Waals surface area contributed by atoms with Crippen molar-refractivity contribution in [2.24, 2.45) is 0 Å². The van der Waals surface area contributed by atoms with Gasteiger partial charge in [0.25, 0.3) is 0 Å². The van der Waals surface area contributed by atoms with Gasteiger partial charge in [-0.1, -0.05) is 0 Å². The van der Waals surface area contributed by atoms with Crippen LogP contribution in [0.1, 0.15) is 10.5 Å². The quantitative estimate of drug-likeness (QED) is 0.529. The summed E-state index contributed by atoms with van der Waals surface area (Å²) in [6, 6.07) is 0. The zero-order chi connectivity index (χ0) is 13.2. The first-order valence-corrected chi connectivity index (χ1v) is 5.49. The molecule has 0 saturated carbocycles. The summed E-state index contributed by atoms with van der Waals surface area (Å²) in [6.07, 6.45) is 2.83. The highest BCUT2D eigenvalue weighted by Gasteiger charge is 2.06. The van der Waals surface area contributed by atoms with E-state index in [1.165, 1.54) is 19.5 Å². The second-order valence-electron chi connectivity index (χ2n) is 3.31. The minimum absolute atomic E-state index is 0.180. The molecule has 0 spiro atoms. The van der Waals surface area contributed by atoms with Gasteiger partial charge in [0.1, 0.15) is 5.82 Å². The standard InChI is InChI=1S/C11H17N3O4/c1-16-5-6-18-4-3-12-10-8-13-9(7-14-10)11(15)17-2/h7-8H,3-6H2,1-2H3,(H,12,14). The number of aromatic nitrogens is 2. The number of carbonyl (C=O) groups excluding carboxylic acids is 1. The van der Waals surface area contributed by atoms with Gasteiger partial charge in [-0.05, 0) is 0 Å². The van der Waals surface area contributed by atoms with Crippen LogP contribution in [0.3, 0.4) is 0 Å². The zero-order valence-electron chi connectivity index (χ0n) is 10.5. The molecule has 0 aliphatic carbocycles. The largest absolute Gasteiger partial charge is 0.464 e. The van der Waals surface area contributed by atoms with Gasteiger partial charge in [0.05, 0.1) is 39.3 Å². The van der Waals surface area contributed by atoms with E-state index in [0.29, 0.717) is 32.2 Å². The molecule has 1 aromatic rings. The molecule has 0 bridgehead atoms. The molecule has 1 aromatic heterocycles. The molecule has 18 heavy (non-hydrogen) atoms. The van der Waals surface area contributed by atoms with E-state index >= 15 is 0 Å². The Hall–Kier alpha value is -1.73. The zero-order valence-corrected chi connectivity index (χ0v) is 10.5. The number of nitrogens with one attached hydrogen (secondary N) is 1. The Morgan fingerprint density at radius 2 is 2.06 bits per heavy atom. The maximum Gasteiger partial charge on any atom is 0.358 e. The molecule has 100 valence electrons. The van der Waals surface area contributed by atoms with Crippen LogP contribution in [-0.2, 0) is 14.2 Å². The van der Waals surface area contributed by atoms with Crippen molar-refractivity contribution in [2.45, 2.75) is 0 Å². The van der Waals surface area contributed by atoms with Gasteiger partial charge in [-0.3, -0.25) is 0 Å². The molecule has 0 aromatic carbocycles. The highest BCUT2D eigenvalue weighted by atomic mass is 16.5. The van der Waals surface area contributed by atoms with E-state index in [1.807, 2.05) is 0 Å². The maximum absolute atomic E-state index is 11.1. The lowest BCUT2D eigenvalue weighted by Crippen LogP contribution is -2.13. The van der Waals surface area contributed by atoms with Gasteiger partial charge in [-0.2, -0.15) is 0 Å². The molecular formula is C11H17N3O4. The number of hydrogen-bond acceptors (Lipinski definition) is 7. The van der Waals surface area contributed by atoms with Crippen LogP contribution in [0.2, 0.25) is 0 Å². The van der Waals surface area contributed by atoms with Crippen molar-refractivity contribution in [3.8, 4) is 0 Å². The Kier molecular flexibility index (Phi) is 6.67. The molecule has 0 amide bonds. The second kappa shape index (κ2) is 8.37. The molecule has 1 rings (SSSR count). The van der Waals surface area contributed by atoms with Gasteiger partial charge >= 0.3 is 5.97 Å². The summed E-state index contributed by atoms with van der Waals surface area (Å²) in [5, 5.41) is 3.01. The Labute approximate surface area is 105 Å². The normalized spacial score (nSPS) is 10.1. The van der Waals surface area contributed by atoms with Crippen molar-refractivity contribution in [2.75, 3.05) is 45.9 Å². The van der Waals surface area contributed by atoms with Crippen LogP contribution in [0.5, 0.6) is 0 Å². The van der Waals surface area contributed by atoms with Gasteiger partial charge in [-0.25, -0.2) is 14.8 Å². The van der Waals surface area contributed by atoms with Crippen molar-refractivity contribution in [1.29, 1.82) is 0 Å². The summed E-state index contributed by atoms with van der Waals surface area (Å²) in [7, 11) is 2.92. The number of carbonyl (C=O) groups is 1. The fourth-order valence-corrected chi connectivity index (χ4v) is 1.12. The summed E-state index contributed by atoms with van der Waals surface area (Å²) in [4.78, 5) is 19.1. The first-order valence-electron chi connectivity index (χ1n) is 5.49. The lowest BCUT2D eigenvalue weighted by atomic mass is 10.4. The van der Waals surface area contributed by atoms with Crippen molar-refractivity contribution in [3.05, 3.63) is 18.1 Å². The average molecular weight is 255 g/mol. The van der Waals surface area contributed by atoms with E-state index in [9.17, 15) is 4.79 Å². The maximum atomic E-state index is 11.1. The summed E-state index contributed by atoms with van der Waals surface area (Å²) in [6.45, 7) is 2.29. The Bertz CT molecular complexity index is 356. The Morgan fingerprint density at radius 3 is 2.67 bits per heavy atom. The van der Waals surface area contributed by atoms with Crippen LogP contribution in [0, 0.1) is 0 Å². The molecule has 7 heteroatoms. The molecule has 1 heterocycles. The van der Waals surface area contributed by atoms with Crippen LogP contribution in [-0.4, -0.2) is 56.5 Å². The van der Waals surface area contributed by atoms with Crippen LogP contribution in [0.15, 0.2) is 12.4 Å². The van der Waals surface area contributed by atoms with Crippen molar-refractivity contribution >= 4 is 11.8 Å². The number of hydrogen-bond donors (Lipinski definition) is 1. The molecule has 7 nitrogen and oxygen atoms in total. The minimum Gasteiger partial charge on any atom is -0.464 e. The summed E-state index contributed by atoms with van der Waals surface area (Å²) in [5.41, 5.74) is 0.180. The molecule has 0 fully saturated rings. The lowest BCUT2D eigenvalue weighted by Gasteiger charge is -2.06. The molecular weight excluding hydrogens is 238 g/mol. The van der Waals surface area contributed by atoms with Gasteiger partial charge < -0.3 is 19.5 Å². The second-order valence-corrected chi connectivity index (χ2v) is 3.31.